The third kappa shape index (κ3) is 3.45. The third-order valence-corrected chi connectivity index (χ3v) is 6.72. The molecule has 1 N–H and O–H groups in total. The zero-order chi connectivity index (χ0) is 18.9. The Labute approximate surface area is 156 Å². The lowest BCUT2D eigenvalue weighted by Gasteiger charge is -2.10. The molecule has 5 nitrogen and oxygen atoms in total. The fraction of sp³-hybridized carbons (Fsp3) is 0.211. The minimum atomic E-state index is -3.83. The van der Waals surface area contributed by atoms with E-state index in [0.717, 1.165) is 21.2 Å². The maximum absolute atomic E-state index is 12.8. The minimum absolute atomic E-state index is 0.148. The molecule has 0 saturated heterocycles. The molecule has 0 amide bonds. The Balaban J connectivity index is 2.01. The normalized spacial score (nSPS) is 11.5. The summed E-state index contributed by atoms with van der Waals surface area (Å²) in [7, 11) is -3.83. The number of carbonyl (C=O) groups excluding carboxylic acids is 1. The second kappa shape index (κ2) is 7.09. The van der Waals surface area contributed by atoms with Gasteiger partial charge in [-0.2, -0.15) is 0 Å². The van der Waals surface area contributed by atoms with E-state index in [1.807, 2.05) is 31.2 Å². The van der Waals surface area contributed by atoms with Crippen molar-refractivity contribution in [1.82, 2.24) is 0 Å². The summed E-state index contributed by atoms with van der Waals surface area (Å²) >= 11 is 1.23. The maximum Gasteiger partial charge on any atom is 0.341 e. The minimum Gasteiger partial charge on any atom is -0.462 e. The van der Waals surface area contributed by atoms with Crippen molar-refractivity contribution in [3.63, 3.8) is 0 Å². The number of rotatable bonds is 5. The average Bonchev–Trinajstić information content (AvgIpc) is 2.88. The molecule has 0 spiro atoms. The van der Waals surface area contributed by atoms with Gasteiger partial charge in [-0.15, -0.1) is 11.3 Å². The smallest absolute Gasteiger partial charge is 0.341 e. The van der Waals surface area contributed by atoms with Crippen molar-refractivity contribution < 1.29 is 17.9 Å². The predicted molar refractivity (Wildman–Crippen MR) is 105 cm³/mol. The van der Waals surface area contributed by atoms with Gasteiger partial charge in [0.1, 0.15) is 5.00 Å². The van der Waals surface area contributed by atoms with Gasteiger partial charge in [-0.3, -0.25) is 4.72 Å². The molecule has 0 aliphatic carbocycles. The van der Waals surface area contributed by atoms with Gasteiger partial charge in [0.15, 0.2) is 0 Å². The number of sulfonamides is 1. The summed E-state index contributed by atoms with van der Waals surface area (Å²) < 4.78 is 33.3. The van der Waals surface area contributed by atoms with Crippen LogP contribution in [0.3, 0.4) is 0 Å². The molecule has 0 aliphatic rings. The van der Waals surface area contributed by atoms with Crippen LogP contribution in [-0.4, -0.2) is 21.0 Å². The molecule has 3 rings (SSSR count). The van der Waals surface area contributed by atoms with Crippen LogP contribution in [0, 0.1) is 13.8 Å². The number of nitrogens with one attached hydrogen (secondary N) is 1. The zero-order valence-corrected chi connectivity index (χ0v) is 16.3. The molecule has 1 aromatic heterocycles. The molecular weight excluding hydrogens is 370 g/mol. The Morgan fingerprint density at radius 3 is 2.50 bits per heavy atom. The molecule has 0 radical (unpaired) electrons. The quantitative estimate of drug-likeness (QED) is 0.652. The molecule has 26 heavy (non-hydrogen) atoms. The third-order valence-electron chi connectivity index (χ3n) is 4.12. The molecular formula is C19H19NO4S2. The van der Waals surface area contributed by atoms with E-state index in [-0.39, 0.29) is 22.1 Å². The Kier molecular flexibility index (Phi) is 5.02. The number of benzene rings is 2. The van der Waals surface area contributed by atoms with Crippen LogP contribution >= 0.6 is 11.3 Å². The maximum atomic E-state index is 12.8. The van der Waals surface area contributed by atoms with Crippen LogP contribution in [0.2, 0.25) is 0 Å². The highest BCUT2D eigenvalue weighted by molar-refractivity contribution is 7.93. The number of carbonyl (C=O) groups is 1. The number of anilines is 1. The van der Waals surface area contributed by atoms with Crippen molar-refractivity contribution >= 4 is 43.1 Å². The summed E-state index contributed by atoms with van der Waals surface area (Å²) in [5, 5.41) is 2.08. The monoisotopic (exact) mass is 389 g/mol. The van der Waals surface area contributed by atoms with Gasteiger partial charge in [-0.05, 0) is 49.2 Å². The molecule has 0 unspecified atom stereocenters. The molecule has 0 bridgehead atoms. The van der Waals surface area contributed by atoms with Gasteiger partial charge in [0.05, 0.1) is 17.1 Å². The number of thiophene rings is 1. The van der Waals surface area contributed by atoms with Gasteiger partial charge < -0.3 is 4.74 Å². The summed E-state index contributed by atoms with van der Waals surface area (Å²) in [4.78, 5) is 13.3. The van der Waals surface area contributed by atoms with Crippen molar-refractivity contribution in [2.45, 2.75) is 25.7 Å². The zero-order valence-electron chi connectivity index (χ0n) is 14.7. The first kappa shape index (κ1) is 18.4. The van der Waals surface area contributed by atoms with Crippen LogP contribution in [0.4, 0.5) is 5.00 Å². The first-order valence-electron chi connectivity index (χ1n) is 8.12. The lowest BCUT2D eigenvalue weighted by molar-refractivity contribution is 0.0527. The van der Waals surface area contributed by atoms with Gasteiger partial charge in [0.25, 0.3) is 10.0 Å². The first-order chi connectivity index (χ1) is 12.3. The van der Waals surface area contributed by atoms with E-state index >= 15 is 0 Å². The Morgan fingerprint density at radius 1 is 1.12 bits per heavy atom. The molecule has 0 saturated carbocycles. The van der Waals surface area contributed by atoms with Crippen molar-refractivity contribution in [2.75, 3.05) is 11.3 Å². The molecule has 136 valence electrons. The average molecular weight is 389 g/mol. The highest BCUT2D eigenvalue weighted by Crippen LogP contribution is 2.34. The van der Waals surface area contributed by atoms with Crippen LogP contribution in [0.1, 0.15) is 27.7 Å². The number of hydrogen-bond donors (Lipinski definition) is 1. The molecule has 0 fully saturated rings. The van der Waals surface area contributed by atoms with E-state index in [2.05, 4.69) is 4.72 Å². The summed E-state index contributed by atoms with van der Waals surface area (Å²) in [6.45, 7) is 5.57. The van der Waals surface area contributed by atoms with Crippen LogP contribution in [0.15, 0.2) is 47.4 Å². The summed E-state index contributed by atoms with van der Waals surface area (Å²) in [5.74, 6) is -0.523. The number of ether oxygens (including phenoxy) is 1. The van der Waals surface area contributed by atoms with Gasteiger partial charge in [0.2, 0.25) is 0 Å². The standard InChI is InChI=1S/C19H19NO4S2/c1-4-24-19(21)17-12(2)13(3)25-18(17)20-26(22,23)16-10-9-14-7-5-6-8-15(14)11-16/h5-11,20H,4H2,1-3H3. The predicted octanol–water partition coefficient (Wildman–Crippen LogP) is 4.50. The number of fused-ring (bicyclic) bond motifs is 1. The Hall–Kier alpha value is -2.38. The number of aryl methyl sites for hydroxylation is 1. The number of hydrogen-bond acceptors (Lipinski definition) is 5. The van der Waals surface area contributed by atoms with Crippen LogP contribution in [-0.2, 0) is 14.8 Å². The van der Waals surface area contributed by atoms with Crippen LogP contribution < -0.4 is 4.72 Å². The van der Waals surface area contributed by atoms with Crippen LogP contribution in [0.5, 0.6) is 0 Å². The molecule has 0 atom stereocenters. The van der Waals surface area contributed by atoms with Gasteiger partial charge >= 0.3 is 5.97 Å². The van der Waals surface area contributed by atoms with Gasteiger partial charge in [-0.25, -0.2) is 13.2 Å². The van der Waals surface area contributed by atoms with E-state index in [1.165, 1.54) is 11.3 Å². The summed E-state index contributed by atoms with van der Waals surface area (Å²) in [6, 6.07) is 12.5. The van der Waals surface area contributed by atoms with E-state index in [9.17, 15) is 13.2 Å². The summed E-state index contributed by atoms with van der Waals surface area (Å²) in [6.07, 6.45) is 0. The Morgan fingerprint density at radius 2 is 1.81 bits per heavy atom. The van der Waals surface area contributed by atoms with Crippen molar-refractivity contribution in [2.24, 2.45) is 0 Å². The number of esters is 1. The molecule has 2 aromatic carbocycles. The van der Waals surface area contributed by atoms with E-state index in [4.69, 9.17) is 4.74 Å². The second-order valence-electron chi connectivity index (χ2n) is 5.82. The fourth-order valence-corrected chi connectivity index (χ4v) is 5.05. The fourth-order valence-electron chi connectivity index (χ4n) is 2.66. The highest BCUT2D eigenvalue weighted by Gasteiger charge is 2.25. The second-order valence-corrected chi connectivity index (χ2v) is 8.73. The van der Waals surface area contributed by atoms with Crippen molar-refractivity contribution in [1.29, 1.82) is 0 Å². The van der Waals surface area contributed by atoms with Crippen molar-refractivity contribution in [3.05, 3.63) is 58.5 Å². The van der Waals surface area contributed by atoms with E-state index < -0.39 is 16.0 Å². The lowest BCUT2D eigenvalue weighted by Crippen LogP contribution is -2.15. The lowest BCUT2D eigenvalue weighted by atomic mass is 10.1. The van der Waals surface area contributed by atoms with Crippen molar-refractivity contribution in [3.8, 4) is 0 Å². The Bertz CT molecular complexity index is 1080. The highest BCUT2D eigenvalue weighted by atomic mass is 32.2. The van der Waals surface area contributed by atoms with Crippen LogP contribution in [0.25, 0.3) is 10.8 Å². The van der Waals surface area contributed by atoms with Gasteiger partial charge in [-0.1, -0.05) is 30.3 Å². The molecule has 7 heteroatoms. The largest absolute Gasteiger partial charge is 0.462 e. The topological polar surface area (TPSA) is 72.5 Å². The molecule has 1 heterocycles. The molecule has 0 aliphatic heterocycles. The van der Waals surface area contributed by atoms with E-state index in [0.29, 0.717) is 0 Å². The SMILES string of the molecule is CCOC(=O)c1c(NS(=O)(=O)c2ccc3ccccc3c2)sc(C)c1C. The summed E-state index contributed by atoms with van der Waals surface area (Å²) in [5.41, 5.74) is 1.00. The van der Waals surface area contributed by atoms with Gasteiger partial charge in [0, 0.05) is 4.88 Å². The van der Waals surface area contributed by atoms with E-state index in [1.54, 1.807) is 32.0 Å². The first-order valence-corrected chi connectivity index (χ1v) is 10.4. The molecule has 3 aromatic rings.